The van der Waals surface area contributed by atoms with Crippen LogP contribution in [0.3, 0.4) is 0 Å². The lowest BCUT2D eigenvalue weighted by Gasteiger charge is -2.13. The van der Waals surface area contributed by atoms with Crippen molar-refractivity contribution in [1.29, 1.82) is 0 Å². The Balaban J connectivity index is 2.35. The van der Waals surface area contributed by atoms with Gasteiger partial charge >= 0.3 is 11.9 Å². The minimum atomic E-state index is -1.49. The second-order valence-electron chi connectivity index (χ2n) is 4.47. The molecule has 0 amide bonds. The Morgan fingerprint density at radius 2 is 1.89 bits per heavy atom. The molecule has 2 aliphatic carbocycles. The highest BCUT2D eigenvalue weighted by molar-refractivity contribution is 6.01. The highest BCUT2D eigenvalue weighted by atomic mass is 16.5. The van der Waals surface area contributed by atoms with E-state index in [0.717, 1.165) is 6.26 Å². The average molecular weight is 266 g/mol. The van der Waals surface area contributed by atoms with Crippen LogP contribution in [0.25, 0.3) is 0 Å². The highest BCUT2D eigenvalue weighted by Gasteiger charge is 2.69. The van der Waals surface area contributed by atoms with Gasteiger partial charge in [-0.05, 0) is 5.57 Å². The van der Waals surface area contributed by atoms with Crippen LogP contribution in [-0.4, -0.2) is 34.4 Å². The molecule has 6 nitrogen and oxygen atoms in total. The number of carboxylic acids is 2. The zero-order valence-electron chi connectivity index (χ0n) is 10.2. The molecule has 0 radical (unpaired) electrons. The lowest BCUT2D eigenvalue weighted by molar-refractivity contribution is -0.146. The Bertz CT molecular complexity index is 491. The smallest absolute Gasteiger partial charge is 0.332 e. The van der Waals surface area contributed by atoms with Gasteiger partial charge in [-0.25, -0.2) is 4.79 Å². The van der Waals surface area contributed by atoms with Gasteiger partial charge in [-0.2, -0.15) is 0 Å². The van der Waals surface area contributed by atoms with Gasteiger partial charge in [-0.1, -0.05) is 13.2 Å². The molecule has 0 heterocycles. The summed E-state index contributed by atoms with van der Waals surface area (Å²) in [6, 6.07) is 0. The quantitative estimate of drug-likeness (QED) is 0.533. The average Bonchev–Trinajstić information content (AvgIpc) is 3.19. The van der Waals surface area contributed by atoms with Crippen molar-refractivity contribution in [3.8, 4) is 0 Å². The Morgan fingerprint density at radius 3 is 2.37 bits per heavy atom. The predicted octanol–water partition coefficient (Wildman–Crippen LogP) is 1.30. The molecule has 0 spiro atoms. The molecule has 0 aromatic heterocycles. The summed E-state index contributed by atoms with van der Waals surface area (Å²) in [6.07, 6.45) is 1.80. The van der Waals surface area contributed by atoms with E-state index in [9.17, 15) is 19.8 Å². The standard InChI is InChI=1S/C13H14O6/c1-3-18-8-5-7(8)10(11(14)15)13(12(16)17)6-9(13)19-4-2/h3-4,8-9H,1-2,5-6H2,(H,14,15)(H,16,17). The maximum atomic E-state index is 11.4. The Hall–Kier alpha value is -2.24. The van der Waals surface area contributed by atoms with Gasteiger partial charge in [0.05, 0.1) is 18.1 Å². The van der Waals surface area contributed by atoms with Crippen molar-refractivity contribution in [2.24, 2.45) is 5.41 Å². The van der Waals surface area contributed by atoms with E-state index < -0.39 is 23.5 Å². The number of hydrogen-bond donors (Lipinski definition) is 2. The van der Waals surface area contributed by atoms with Crippen LogP contribution < -0.4 is 0 Å². The van der Waals surface area contributed by atoms with Crippen molar-refractivity contribution >= 4 is 11.9 Å². The molecule has 0 saturated heterocycles. The largest absolute Gasteiger partial charge is 0.497 e. The van der Waals surface area contributed by atoms with Gasteiger partial charge in [-0.3, -0.25) is 4.79 Å². The summed E-state index contributed by atoms with van der Waals surface area (Å²) in [5, 5.41) is 18.6. The van der Waals surface area contributed by atoms with Crippen LogP contribution in [0.5, 0.6) is 0 Å². The van der Waals surface area contributed by atoms with Gasteiger partial charge in [0.1, 0.15) is 17.6 Å². The lowest BCUT2D eigenvalue weighted by Crippen LogP contribution is -2.27. The van der Waals surface area contributed by atoms with E-state index >= 15 is 0 Å². The van der Waals surface area contributed by atoms with Crippen LogP contribution in [0, 0.1) is 5.41 Å². The van der Waals surface area contributed by atoms with Crippen LogP contribution in [0.2, 0.25) is 0 Å². The molecule has 2 saturated carbocycles. The van der Waals surface area contributed by atoms with E-state index in [0.29, 0.717) is 12.0 Å². The highest BCUT2D eigenvalue weighted by Crippen LogP contribution is 2.58. The van der Waals surface area contributed by atoms with Gasteiger partial charge < -0.3 is 19.7 Å². The molecule has 2 rings (SSSR count). The molecule has 0 bridgehead atoms. The van der Waals surface area contributed by atoms with Gasteiger partial charge in [0.15, 0.2) is 0 Å². The molecule has 2 aliphatic rings. The molecule has 102 valence electrons. The molecule has 0 aliphatic heterocycles. The first kappa shape index (κ1) is 13.2. The van der Waals surface area contributed by atoms with Crippen molar-refractivity contribution in [2.45, 2.75) is 25.0 Å². The lowest BCUT2D eigenvalue weighted by atomic mass is 9.94. The molecule has 2 fully saturated rings. The number of carboxylic acid groups (broad SMARTS) is 2. The third-order valence-electron chi connectivity index (χ3n) is 3.41. The van der Waals surface area contributed by atoms with Gasteiger partial charge in [0.2, 0.25) is 0 Å². The summed E-state index contributed by atoms with van der Waals surface area (Å²) in [7, 11) is 0. The molecule has 0 aromatic rings. The third-order valence-corrected chi connectivity index (χ3v) is 3.41. The molecule has 3 unspecified atom stereocenters. The molecule has 6 heteroatoms. The molecule has 3 atom stereocenters. The normalized spacial score (nSPS) is 33.9. The topological polar surface area (TPSA) is 93.1 Å². The number of carbonyl (C=O) groups is 2. The fraction of sp³-hybridized carbons (Fsp3) is 0.385. The minimum absolute atomic E-state index is 0.125. The zero-order chi connectivity index (χ0) is 14.2. The monoisotopic (exact) mass is 266 g/mol. The second-order valence-corrected chi connectivity index (χ2v) is 4.47. The summed E-state index contributed by atoms with van der Waals surface area (Å²) >= 11 is 0. The molecule has 2 N–H and O–H groups in total. The van der Waals surface area contributed by atoms with Crippen molar-refractivity contribution in [3.63, 3.8) is 0 Å². The van der Waals surface area contributed by atoms with Gasteiger partial charge in [0.25, 0.3) is 0 Å². The number of hydrogen-bond acceptors (Lipinski definition) is 4. The van der Waals surface area contributed by atoms with Gasteiger partial charge in [-0.15, -0.1) is 0 Å². The van der Waals surface area contributed by atoms with Crippen LogP contribution in [0.4, 0.5) is 0 Å². The first-order chi connectivity index (χ1) is 8.98. The molecule has 19 heavy (non-hydrogen) atoms. The maximum Gasteiger partial charge on any atom is 0.332 e. The Morgan fingerprint density at radius 1 is 1.26 bits per heavy atom. The first-order valence-electron chi connectivity index (χ1n) is 5.72. The third kappa shape index (κ3) is 1.99. The Labute approximate surface area is 109 Å². The SMILES string of the molecule is C=COC1CC1=C(C(=O)O)C1(C(=O)O)CC1OC=C. The summed E-state index contributed by atoms with van der Waals surface area (Å²) in [5.74, 6) is -2.45. The summed E-state index contributed by atoms with van der Waals surface area (Å²) < 4.78 is 10.1. The second kappa shape index (κ2) is 4.46. The van der Waals surface area contributed by atoms with E-state index in [-0.39, 0.29) is 18.1 Å². The number of rotatable bonds is 7. The first-order valence-corrected chi connectivity index (χ1v) is 5.72. The van der Waals surface area contributed by atoms with Gasteiger partial charge in [0, 0.05) is 12.8 Å². The van der Waals surface area contributed by atoms with Crippen LogP contribution in [0.15, 0.2) is 36.8 Å². The maximum absolute atomic E-state index is 11.4. The van der Waals surface area contributed by atoms with E-state index in [2.05, 4.69) is 13.2 Å². The van der Waals surface area contributed by atoms with E-state index in [1.165, 1.54) is 6.26 Å². The van der Waals surface area contributed by atoms with Crippen molar-refractivity contribution in [3.05, 3.63) is 36.8 Å². The zero-order valence-corrected chi connectivity index (χ0v) is 10.2. The number of ether oxygens (including phenoxy) is 2. The summed E-state index contributed by atoms with van der Waals surface area (Å²) in [4.78, 5) is 22.8. The van der Waals surface area contributed by atoms with Crippen LogP contribution in [0.1, 0.15) is 12.8 Å². The predicted molar refractivity (Wildman–Crippen MR) is 64.1 cm³/mol. The fourth-order valence-corrected chi connectivity index (χ4v) is 2.37. The van der Waals surface area contributed by atoms with Crippen LogP contribution in [-0.2, 0) is 19.1 Å². The minimum Gasteiger partial charge on any atom is -0.497 e. The van der Waals surface area contributed by atoms with Crippen molar-refractivity contribution in [2.75, 3.05) is 0 Å². The summed E-state index contributed by atoms with van der Waals surface area (Å²) in [5.41, 5.74) is -1.13. The van der Waals surface area contributed by atoms with E-state index in [1.54, 1.807) is 0 Å². The Kier molecular flexibility index (Phi) is 3.09. The van der Waals surface area contributed by atoms with E-state index in [1.807, 2.05) is 0 Å². The van der Waals surface area contributed by atoms with Crippen LogP contribution >= 0.6 is 0 Å². The van der Waals surface area contributed by atoms with Crippen molar-refractivity contribution < 1.29 is 29.3 Å². The molecular weight excluding hydrogens is 252 g/mol. The summed E-state index contributed by atoms with van der Waals surface area (Å²) in [6.45, 7) is 6.75. The molecular formula is C13H14O6. The fourth-order valence-electron chi connectivity index (χ4n) is 2.37. The number of aliphatic carboxylic acids is 2. The molecule has 0 aromatic carbocycles. The van der Waals surface area contributed by atoms with Crippen molar-refractivity contribution in [1.82, 2.24) is 0 Å². The van der Waals surface area contributed by atoms with E-state index in [4.69, 9.17) is 9.47 Å².